The standard InChI is InChI=1S/C22H26N6O2/c1-15-10-16(2)13-25(12-15)19(29)14-27-21-18(20-23-8-9-26(20)22(27)30)11-24-28(21)17-6-4-3-5-7-17/h3-7,11,15-16H,8-10,12-14H2,1-2H3/t15-,16+. The van der Waals surface area contributed by atoms with Crippen molar-refractivity contribution in [1.82, 2.24) is 19.6 Å². The summed E-state index contributed by atoms with van der Waals surface area (Å²) in [6, 6.07) is 9.47. The Bertz CT molecular complexity index is 1000. The van der Waals surface area contributed by atoms with Gasteiger partial charge < -0.3 is 4.90 Å². The third-order valence-corrected chi connectivity index (χ3v) is 6.06. The van der Waals surface area contributed by atoms with Crippen molar-refractivity contribution in [1.29, 1.82) is 0 Å². The molecule has 0 bridgehead atoms. The second kappa shape index (κ2) is 7.27. The molecular formula is C22H26N6O2. The Morgan fingerprint density at radius 1 is 1.13 bits per heavy atom. The van der Waals surface area contributed by atoms with E-state index in [-0.39, 0.29) is 18.5 Å². The zero-order chi connectivity index (χ0) is 20.8. The largest absolute Gasteiger partial charge is 0.341 e. The molecule has 2 aromatic rings. The fourth-order valence-corrected chi connectivity index (χ4v) is 4.86. The summed E-state index contributed by atoms with van der Waals surface area (Å²) in [5.41, 5.74) is 1.64. The molecule has 0 unspecified atom stereocenters. The number of hydrogen-bond donors (Lipinski definition) is 0. The minimum Gasteiger partial charge on any atom is -0.341 e. The first kappa shape index (κ1) is 18.8. The molecule has 156 valence electrons. The van der Waals surface area contributed by atoms with E-state index in [1.165, 1.54) is 0 Å². The molecule has 5 rings (SSSR count). The minimum atomic E-state index is -0.206. The third-order valence-electron chi connectivity index (χ3n) is 6.06. The van der Waals surface area contributed by atoms with Crippen molar-refractivity contribution in [2.75, 3.05) is 37.6 Å². The number of carbonyl (C=O) groups excluding carboxylic acids is 2. The Kier molecular flexibility index (Phi) is 4.56. The van der Waals surface area contributed by atoms with Crippen molar-refractivity contribution in [3.05, 3.63) is 42.1 Å². The van der Waals surface area contributed by atoms with Crippen LogP contribution in [0.4, 0.5) is 10.6 Å². The van der Waals surface area contributed by atoms with E-state index >= 15 is 0 Å². The highest BCUT2D eigenvalue weighted by Gasteiger charge is 2.41. The topological polar surface area (TPSA) is 74.0 Å². The number of likely N-dealkylation sites (tertiary alicyclic amines) is 1. The predicted octanol–water partition coefficient (Wildman–Crippen LogP) is 2.38. The Morgan fingerprint density at radius 2 is 1.87 bits per heavy atom. The maximum Gasteiger partial charge on any atom is 0.331 e. The molecule has 1 fully saturated rings. The Balaban J connectivity index is 1.52. The lowest BCUT2D eigenvalue weighted by Crippen LogP contribution is -2.54. The Labute approximate surface area is 175 Å². The first-order valence-electron chi connectivity index (χ1n) is 10.6. The van der Waals surface area contributed by atoms with Crippen LogP contribution in [0, 0.1) is 11.8 Å². The molecule has 1 saturated heterocycles. The number of urea groups is 1. The number of piperidine rings is 1. The van der Waals surface area contributed by atoms with Crippen molar-refractivity contribution in [3.63, 3.8) is 0 Å². The number of amides is 3. The number of rotatable bonds is 3. The normalized spacial score (nSPS) is 23.3. The quantitative estimate of drug-likeness (QED) is 0.786. The van der Waals surface area contributed by atoms with Crippen LogP contribution in [0.2, 0.25) is 0 Å². The van der Waals surface area contributed by atoms with Crippen LogP contribution >= 0.6 is 0 Å². The highest BCUT2D eigenvalue weighted by atomic mass is 16.2. The number of nitrogens with zero attached hydrogens (tertiary/aromatic N) is 6. The van der Waals surface area contributed by atoms with Gasteiger partial charge in [-0.05, 0) is 30.4 Å². The molecule has 3 aliphatic heterocycles. The Morgan fingerprint density at radius 3 is 2.60 bits per heavy atom. The summed E-state index contributed by atoms with van der Waals surface area (Å²) in [7, 11) is 0. The number of aromatic nitrogens is 2. The molecule has 8 nitrogen and oxygen atoms in total. The number of para-hydroxylation sites is 1. The highest BCUT2D eigenvalue weighted by Crippen LogP contribution is 2.33. The molecule has 2 atom stereocenters. The van der Waals surface area contributed by atoms with E-state index in [0.717, 1.165) is 30.8 Å². The number of aliphatic imine (C=N–C) groups is 1. The van der Waals surface area contributed by atoms with Gasteiger partial charge >= 0.3 is 6.03 Å². The summed E-state index contributed by atoms with van der Waals surface area (Å²) in [5.74, 6) is 2.19. The maximum atomic E-state index is 13.4. The van der Waals surface area contributed by atoms with Gasteiger partial charge in [0.15, 0.2) is 5.82 Å². The predicted molar refractivity (Wildman–Crippen MR) is 114 cm³/mol. The molecule has 8 heteroatoms. The van der Waals surface area contributed by atoms with Gasteiger partial charge in [0.25, 0.3) is 0 Å². The van der Waals surface area contributed by atoms with Crippen LogP contribution in [0.15, 0.2) is 41.5 Å². The summed E-state index contributed by atoms with van der Waals surface area (Å²) < 4.78 is 1.74. The number of carbonyl (C=O) groups is 2. The summed E-state index contributed by atoms with van der Waals surface area (Å²) in [6.07, 6.45) is 2.87. The summed E-state index contributed by atoms with van der Waals surface area (Å²) >= 11 is 0. The van der Waals surface area contributed by atoms with Gasteiger partial charge in [-0.15, -0.1) is 0 Å². The van der Waals surface area contributed by atoms with E-state index in [4.69, 9.17) is 0 Å². The van der Waals surface area contributed by atoms with Gasteiger partial charge in [0.2, 0.25) is 5.91 Å². The third kappa shape index (κ3) is 3.07. The zero-order valence-electron chi connectivity index (χ0n) is 17.4. The van der Waals surface area contributed by atoms with E-state index < -0.39 is 0 Å². The van der Waals surface area contributed by atoms with E-state index in [0.29, 0.717) is 36.6 Å². The van der Waals surface area contributed by atoms with E-state index in [9.17, 15) is 9.59 Å². The van der Waals surface area contributed by atoms with Gasteiger partial charge in [0.1, 0.15) is 12.4 Å². The second-order valence-electron chi connectivity index (χ2n) is 8.60. The van der Waals surface area contributed by atoms with Crippen molar-refractivity contribution < 1.29 is 9.59 Å². The SMILES string of the molecule is C[C@@H]1C[C@H](C)CN(C(=O)CN2C(=O)N3CCN=C3c3cnn(-c4ccccc4)c32)C1. The minimum absolute atomic E-state index is 0.00752. The summed E-state index contributed by atoms with van der Waals surface area (Å²) in [4.78, 5) is 36.3. The van der Waals surface area contributed by atoms with Crippen molar-refractivity contribution in [3.8, 4) is 5.69 Å². The van der Waals surface area contributed by atoms with Crippen LogP contribution in [0.1, 0.15) is 25.8 Å². The lowest BCUT2D eigenvalue weighted by atomic mass is 9.92. The molecule has 3 amide bonds. The lowest BCUT2D eigenvalue weighted by molar-refractivity contribution is -0.132. The van der Waals surface area contributed by atoms with E-state index in [1.54, 1.807) is 20.7 Å². The van der Waals surface area contributed by atoms with Gasteiger partial charge in [-0.1, -0.05) is 32.0 Å². The van der Waals surface area contributed by atoms with Crippen LogP contribution in [-0.4, -0.2) is 70.1 Å². The van der Waals surface area contributed by atoms with E-state index in [2.05, 4.69) is 23.9 Å². The monoisotopic (exact) mass is 406 g/mol. The molecule has 4 heterocycles. The van der Waals surface area contributed by atoms with Gasteiger partial charge in [-0.3, -0.25) is 19.6 Å². The average molecular weight is 406 g/mol. The number of amidine groups is 1. The molecule has 1 aromatic heterocycles. The van der Waals surface area contributed by atoms with Crippen molar-refractivity contribution in [2.45, 2.75) is 20.3 Å². The first-order valence-corrected chi connectivity index (χ1v) is 10.6. The maximum absolute atomic E-state index is 13.4. The Hall–Kier alpha value is -3.16. The molecule has 1 aromatic carbocycles. The molecular weight excluding hydrogens is 380 g/mol. The lowest BCUT2D eigenvalue weighted by Gasteiger charge is -2.38. The molecule has 0 saturated carbocycles. The molecule has 0 spiro atoms. The number of hydrogen-bond acceptors (Lipinski definition) is 4. The number of benzene rings is 1. The van der Waals surface area contributed by atoms with Gasteiger partial charge in [0, 0.05) is 19.6 Å². The van der Waals surface area contributed by atoms with Gasteiger partial charge in [0.05, 0.1) is 24.0 Å². The molecule has 0 aliphatic carbocycles. The highest BCUT2D eigenvalue weighted by molar-refractivity contribution is 6.20. The second-order valence-corrected chi connectivity index (χ2v) is 8.60. The van der Waals surface area contributed by atoms with Crippen LogP contribution in [0.25, 0.3) is 5.69 Å². The fourth-order valence-electron chi connectivity index (χ4n) is 4.86. The van der Waals surface area contributed by atoms with Crippen LogP contribution in [0.5, 0.6) is 0 Å². The molecule has 0 radical (unpaired) electrons. The van der Waals surface area contributed by atoms with Crippen LogP contribution in [-0.2, 0) is 4.79 Å². The summed E-state index contributed by atoms with van der Waals surface area (Å²) in [5, 5.41) is 4.55. The van der Waals surface area contributed by atoms with Crippen molar-refractivity contribution in [2.24, 2.45) is 16.8 Å². The first-order chi connectivity index (χ1) is 14.5. The molecule has 3 aliphatic rings. The van der Waals surface area contributed by atoms with Crippen LogP contribution in [0.3, 0.4) is 0 Å². The van der Waals surface area contributed by atoms with Gasteiger partial charge in [-0.25, -0.2) is 9.48 Å². The summed E-state index contributed by atoms with van der Waals surface area (Å²) in [6.45, 7) is 6.95. The van der Waals surface area contributed by atoms with Gasteiger partial charge in [-0.2, -0.15) is 5.10 Å². The smallest absolute Gasteiger partial charge is 0.331 e. The van der Waals surface area contributed by atoms with Crippen molar-refractivity contribution >= 4 is 23.6 Å². The van der Waals surface area contributed by atoms with Crippen LogP contribution < -0.4 is 4.90 Å². The fraction of sp³-hybridized carbons (Fsp3) is 0.455. The average Bonchev–Trinajstić information content (AvgIpc) is 3.38. The number of fused-ring (bicyclic) bond motifs is 3. The van der Waals surface area contributed by atoms with E-state index in [1.807, 2.05) is 35.2 Å². The number of anilines is 1. The zero-order valence-corrected chi connectivity index (χ0v) is 17.4. The molecule has 30 heavy (non-hydrogen) atoms. The molecule has 0 N–H and O–H groups in total.